The molecule has 1 heterocycles. The van der Waals surface area contributed by atoms with Crippen LogP contribution in [0.15, 0.2) is 54.6 Å². The highest BCUT2D eigenvalue weighted by molar-refractivity contribution is 5.92. The number of nitrogens with one attached hydrogen (secondary N) is 3. The number of aliphatic hydroxyl groups is 2. The van der Waals surface area contributed by atoms with E-state index in [1.54, 1.807) is 4.90 Å². The third kappa shape index (κ3) is 11.0. The van der Waals surface area contributed by atoms with Crippen LogP contribution < -0.4 is 20.7 Å². The number of carbonyl (C=O) groups is 3. The topological polar surface area (TPSA) is 140 Å². The third-order valence-corrected chi connectivity index (χ3v) is 7.25. The van der Waals surface area contributed by atoms with Gasteiger partial charge in [-0.15, -0.1) is 0 Å². The summed E-state index contributed by atoms with van der Waals surface area (Å²) in [6.07, 6.45) is 4.60. The minimum absolute atomic E-state index is 0.119. The zero-order valence-electron chi connectivity index (χ0n) is 24.8. The molecule has 2 atom stereocenters. The fourth-order valence-electron chi connectivity index (χ4n) is 4.85. The molecule has 0 unspecified atom stereocenters. The summed E-state index contributed by atoms with van der Waals surface area (Å²) in [7, 11) is 0. The van der Waals surface area contributed by atoms with E-state index >= 15 is 0 Å². The number of carbonyl (C=O) groups excluding carboxylic acids is 3. The number of hydrogen-bond donors (Lipinski definition) is 5. The second-order valence-electron chi connectivity index (χ2n) is 11.3. The lowest BCUT2D eigenvalue weighted by Crippen LogP contribution is -2.57. The van der Waals surface area contributed by atoms with Gasteiger partial charge in [-0.1, -0.05) is 69.2 Å². The SMILES string of the molecule is CC(C)C[C@H](NC(=O)N1CCCCCC1)C(=O)N[C@@H](Cc1ccc(OCc2ccccc2)cc1)C(=O)NC(CO)CO. The third-order valence-electron chi connectivity index (χ3n) is 7.25. The van der Waals surface area contributed by atoms with Crippen molar-refractivity contribution < 1.29 is 29.3 Å². The smallest absolute Gasteiger partial charge is 0.318 e. The lowest BCUT2D eigenvalue weighted by atomic mass is 10.0. The minimum Gasteiger partial charge on any atom is -0.489 e. The van der Waals surface area contributed by atoms with Gasteiger partial charge in [0.2, 0.25) is 11.8 Å². The van der Waals surface area contributed by atoms with Gasteiger partial charge in [-0.25, -0.2) is 4.79 Å². The Labute approximate surface area is 248 Å². The molecule has 2 aromatic rings. The number of aliphatic hydroxyl groups excluding tert-OH is 2. The van der Waals surface area contributed by atoms with E-state index < -0.39 is 43.2 Å². The molecule has 3 rings (SSSR count). The molecular formula is C32H46N4O6. The van der Waals surface area contributed by atoms with Gasteiger partial charge in [-0.05, 0) is 48.4 Å². The van der Waals surface area contributed by atoms with Gasteiger partial charge in [0, 0.05) is 19.5 Å². The molecule has 10 nitrogen and oxygen atoms in total. The summed E-state index contributed by atoms with van der Waals surface area (Å²) in [5.74, 6) is -0.210. The highest BCUT2D eigenvalue weighted by Gasteiger charge is 2.30. The van der Waals surface area contributed by atoms with E-state index in [1.165, 1.54) is 0 Å². The molecule has 230 valence electrons. The quantitative estimate of drug-likeness (QED) is 0.232. The van der Waals surface area contributed by atoms with E-state index in [0.717, 1.165) is 36.8 Å². The molecule has 0 aromatic heterocycles. The van der Waals surface area contributed by atoms with Crippen molar-refractivity contribution in [2.75, 3.05) is 26.3 Å². The van der Waals surface area contributed by atoms with E-state index in [0.29, 0.717) is 31.9 Å². The Bertz CT molecular complexity index is 1100. The summed E-state index contributed by atoms with van der Waals surface area (Å²) in [6, 6.07) is 14.1. The number of ether oxygens (including phenoxy) is 1. The second-order valence-corrected chi connectivity index (χ2v) is 11.3. The van der Waals surface area contributed by atoms with Crippen LogP contribution in [0.2, 0.25) is 0 Å². The maximum absolute atomic E-state index is 13.5. The first-order valence-electron chi connectivity index (χ1n) is 14.9. The molecule has 10 heteroatoms. The molecule has 0 aliphatic carbocycles. The van der Waals surface area contributed by atoms with Crippen LogP contribution in [0.4, 0.5) is 4.79 Å². The van der Waals surface area contributed by atoms with E-state index in [2.05, 4.69) is 16.0 Å². The normalized spacial score (nSPS) is 15.0. The van der Waals surface area contributed by atoms with Gasteiger partial charge in [0.1, 0.15) is 24.4 Å². The number of amides is 4. The average molecular weight is 583 g/mol. The van der Waals surface area contributed by atoms with Crippen molar-refractivity contribution >= 4 is 17.8 Å². The van der Waals surface area contributed by atoms with Gasteiger partial charge in [0.05, 0.1) is 19.3 Å². The summed E-state index contributed by atoms with van der Waals surface area (Å²) in [5, 5.41) is 27.3. The Kier molecular flexibility index (Phi) is 13.6. The van der Waals surface area contributed by atoms with Crippen LogP contribution in [0.25, 0.3) is 0 Å². The number of benzene rings is 2. The fourth-order valence-corrected chi connectivity index (χ4v) is 4.85. The van der Waals surface area contributed by atoms with Crippen molar-refractivity contribution in [3.63, 3.8) is 0 Å². The molecule has 0 spiro atoms. The fraction of sp³-hybridized carbons (Fsp3) is 0.531. The standard InChI is InChI=1S/C32H46N4O6/c1-23(2)18-28(35-32(41)36-16-8-3-4-9-17-36)31(40)34-29(30(39)33-26(20-37)21-38)19-24-12-14-27(15-13-24)42-22-25-10-6-5-7-11-25/h5-7,10-15,23,26,28-29,37-38H,3-4,8-9,16-22H2,1-2H3,(H,33,39)(H,34,40)(H,35,41)/t28-,29-/m0/s1. The van der Waals surface area contributed by atoms with Gasteiger partial charge < -0.3 is 35.8 Å². The molecule has 1 fully saturated rings. The van der Waals surface area contributed by atoms with Crippen LogP contribution >= 0.6 is 0 Å². The maximum Gasteiger partial charge on any atom is 0.318 e. The summed E-state index contributed by atoms with van der Waals surface area (Å²) in [4.78, 5) is 41.5. The average Bonchev–Trinajstić information content (AvgIpc) is 3.29. The van der Waals surface area contributed by atoms with Crippen LogP contribution in [0, 0.1) is 5.92 Å². The molecule has 0 radical (unpaired) electrons. The van der Waals surface area contributed by atoms with E-state index in [1.807, 2.05) is 68.4 Å². The Morgan fingerprint density at radius 3 is 2.00 bits per heavy atom. The van der Waals surface area contributed by atoms with Crippen molar-refractivity contribution in [1.82, 2.24) is 20.9 Å². The van der Waals surface area contributed by atoms with E-state index in [-0.39, 0.29) is 18.4 Å². The zero-order valence-corrected chi connectivity index (χ0v) is 24.8. The molecule has 0 bridgehead atoms. The highest BCUT2D eigenvalue weighted by Crippen LogP contribution is 2.16. The van der Waals surface area contributed by atoms with Gasteiger partial charge in [0.15, 0.2) is 0 Å². The Morgan fingerprint density at radius 1 is 0.786 bits per heavy atom. The lowest BCUT2D eigenvalue weighted by Gasteiger charge is -2.28. The van der Waals surface area contributed by atoms with Crippen LogP contribution in [0.1, 0.15) is 57.1 Å². The molecule has 42 heavy (non-hydrogen) atoms. The van der Waals surface area contributed by atoms with Crippen LogP contribution in [0.5, 0.6) is 5.75 Å². The molecule has 5 N–H and O–H groups in total. The zero-order chi connectivity index (χ0) is 30.3. The second kappa shape index (κ2) is 17.4. The predicted octanol–water partition coefficient (Wildman–Crippen LogP) is 2.76. The van der Waals surface area contributed by atoms with Gasteiger partial charge in [0.25, 0.3) is 0 Å². The van der Waals surface area contributed by atoms with Crippen molar-refractivity contribution in [2.45, 2.75) is 77.1 Å². The van der Waals surface area contributed by atoms with Crippen LogP contribution in [0.3, 0.4) is 0 Å². The lowest BCUT2D eigenvalue weighted by molar-refractivity contribution is -0.130. The first-order chi connectivity index (χ1) is 20.3. The summed E-state index contributed by atoms with van der Waals surface area (Å²) >= 11 is 0. The van der Waals surface area contributed by atoms with Gasteiger partial charge in [-0.2, -0.15) is 0 Å². The molecule has 1 saturated heterocycles. The number of hydrogen-bond acceptors (Lipinski definition) is 6. The van der Waals surface area contributed by atoms with Crippen molar-refractivity contribution in [2.24, 2.45) is 5.92 Å². The van der Waals surface area contributed by atoms with Crippen molar-refractivity contribution in [1.29, 1.82) is 0 Å². The largest absolute Gasteiger partial charge is 0.489 e. The van der Waals surface area contributed by atoms with Gasteiger partial charge in [-0.3, -0.25) is 9.59 Å². The van der Waals surface area contributed by atoms with Gasteiger partial charge >= 0.3 is 6.03 Å². The molecule has 0 saturated carbocycles. The number of urea groups is 1. The van der Waals surface area contributed by atoms with Crippen molar-refractivity contribution in [3.05, 3.63) is 65.7 Å². The Hall–Kier alpha value is -3.63. The highest BCUT2D eigenvalue weighted by atomic mass is 16.5. The Balaban J connectivity index is 1.71. The van der Waals surface area contributed by atoms with E-state index in [9.17, 15) is 24.6 Å². The molecule has 1 aliphatic rings. The monoisotopic (exact) mass is 582 g/mol. The number of rotatable bonds is 14. The predicted molar refractivity (Wildman–Crippen MR) is 161 cm³/mol. The summed E-state index contributed by atoms with van der Waals surface area (Å²) in [6.45, 7) is 4.78. The molecule has 2 aromatic carbocycles. The molecule has 1 aliphatic heterocycles. The number of likely N-dealkylation sites (tertiary alicyclic amines) is 1. The van der Waals surface area contributed by atoms with Crippen LogP contribution in [-0.2, 0) is 22.6 Å². The maximum atomic E-state index is 13.5. The first-order valence-corrected chi connectivity index (χ1v) is 14.9. The molecular weight excluding hydrogens is 536 g/mol. The Morgan fingerprint density at radius 2 is 1.40 bits per heavy atom. The summed E-state index contributed by atoms with van der Waals surface area (Å²) in [5.41, 5.74) is 1.82. The van der Waals surface area contributed by atoms with Crippen LogP contribution in [-0.4, -0.2) is 77.4 Å². The summed E-state index contributed by atoms with van der Waals surface area (Å²) < 4.78 is 5.86. The number of nitrogens with zero attached hydrogens (tertiary/aromatic N) is 1. The molecule has 4 amide bonds. The van der Waals surface area contributed by atoms with Crippen molar-refractivity contribution in [3.8, 4) is 5.75 Å². The van der Waals surface area contributed by atoms with E-state index in [4.69, 9.17) is 4.74 Å². The minimum atomic E-state index is -1.00. The first kappa shape index (κ1) is 32.9.